The fourth-order valence-electron chi connectivity index (χ4n) is 3.17. The van der Waals surface area contributed by atoms with Crippen LogP contribution in [0, 0.1) is 6.92 Å². The Labute approximate surface area is 171 Å². The number of carbonyl (C=O) groups excluding carboxylic acids is 1. The summed E-state index contributed by atoms with van der Waals surface area (Å²) in [5.74, 6) is 0.434. The lowest BCUT2D eigenvalue weighted by molar-refractivity contribution is -0.148. The molecule has 5 nitrogen and oxygen atoms in total. The summed E-state index contributed by atoms with van der Waals surface area (Å²) in [6.45, 7) is 6.29. The second kappa shape index (κ2) is 9.92. The molecule has 150 valence electrons. The summed E-state index contributed by atoms with van der Waals surface area (Å²) in [5.41, 5.74) is 2.34. The highest BCUT2D eigenvalue weighted by Gasteiger charge is 2.28. The van der Waals surface area contributed by atoms with Gasteiger partial charge in [-0.1, -0.05) is 53.6 Å². The lowest BCUT2D eigenvalue weighted by Gasteiger charge is -2.34. The molecule has 0 spiro atoms. The average molecular weight is 404 g/mol. The number of amides is 1. The van der Waals surface area contributed by atoms with E-state index in [0.29, 0.717) is 43.7 Å². The van der Waals surface area contributed by atoms with E-state index < -0.39 is 6.10 Å². The monoisotopic (exact) mass is 403 g/mol. The van der Waals surface area contributed by atoms with Crippen LogP contribution >= 0.6 is 11.6 Å². The van der Waals surface area contributed by atoms with Crippen molar-refractivity contribution in [2.75, 3.05) is 26.3 Å². The summed E-state index contributed by atoms with van der Waals surface area (Å²) in [7, 11) is 0. The van der Waals surface area contributed by atoms with Crippen molar-refractivity contribution in [3.8, 4) is 5.75 Å². The normalized spacial score (nSPS) is 18.0. The zero-order valence-electron chi connectivity index (χ0n) is 16.3. The predicted octanol–water partition coefficient (Wildman–Crippen LogP) is 3.86. The topological polar surface area (TPSA) is 48.0 Å². The maximum atomic E-state index is 12.8. The molecule has 0 aromatic heterocycles. The summed E-state index contributed by atoms with van der Waals surface area (Å²) < 4.78 is 17.3. The number of benzene rings is 2. The maximum absolute atomic E-state index is 12.8. The van der Waals surface area contributed by atoms with Gasteiger partial charge >= 0.3 is 0 Å². The minimum Gasteiger partial charge on any atom is -0.479 e. The Bertz CT molecular complexity index is 798. The van der Waals surface area contributed by atoms with Gasteiger partial charge in [0.15, 0.2) is 6.10 Å². The van der Waals surface area contributed by atoms with E-state index in [1.165, 1.54) is 5.56 Å². The molecule has 0 aliphatic carbocycles. The zero-order chi connectivity index (χ0) is 19.9. The number of hydrogen-bond donors (Lipinski definition) is 0. The average Bonchev–Trinajstić information content (AvgIpc) is 2.69. The van der Waals surface area contributed by atoms with Crippen LogP contribution in [-0.2, 0) is 20.9 Å². The van der Waals surface area contributed by atoms with E-state index >= 15 is 0 Å². The Morgan fingerprint density at radius 2 is 2.11 bits per heavy atom. The lowest BCUT2D eigenvalue weighted by atomic mass is 10.1. The van der Waals surface area contributed by atoms with E-state index in [1.807, 2.05) is 24.3 Å². The number of aryl methyl sites for hydroxylation is 1. The molecule has 1 fully saturated rings. The first-order valence-electron chi connectivity index (χ1n) is 9.48. The van der Waals surface area contributed by atoms with Gasteiger partial charge in [0.05, 0.1) is 30.9 Å². The van der Waals surface area contributed by atoms with Crippen LogP contribution in [0.3, 0.4) is 0 Å². The van der Waals surface area contributed by atoms with Crippen LogP contribution in [0.15, 0.2) is 48.5 Å². The van der Waals surface area contributed by atoms with Gasteiger partial charge in [-0.15, -0.1) is 0 Å². The van der Waals surface area contributed by atoms with Crippen LogP contribution in [0.25, 0.3) is 0 Å². The summed E-state index contributed by atoms with van der Waals surface area (Å²) in [5, 5.41) is 0.492. The van der Waals surface area contributed by atoms with Gasteiger partial charge in [-0.2, -0.15) is 0 Å². The van der Waals surface area contributed by atoms with Gasteiger partial charge in [-0.05, 0) is 31.5 Å². The third-order valence-corrected chi connectivity index (χ3v) is 4.91. The van der Waals surface area contributed by atoms with Crippen LogP contribution in [0.1, 0.15) is 18.1 Å². The maximum Gasteiger partial charge on any atom is 0.263 e. The molecule has 0 bridgehead atoms. The molecule has 0 N–H and O–H groups in total. The van der Waals surface area contributed by atoms with Crippen LogP contribution < -0.4 is 4.74 Å². The molecule has 0 radical (unpaired) electrons. The first-order valence-corrected chi connectivity index (χ1v) is 9.85. The van der Waals surface area contributed by atoms with E-state index in [0.717, 1.165) is 5.56 Å². The van der Waals surface area contributed by atoms with Crippen molar-refractivity contribution >= 4 is 17.5 Å². The van der Waals surface area contributed by atoms with Crippen molar-refractivity contribution in [2.24, 2.45) is 0 Å². The van der Waals surface area contributed by atoms with Gasteiger partial charge in [-0.25, -0.2) is 0 Å². The SMILES string of the molecule is Cc1cccc(COC[C@H]2CN(C(=O)[C@H](C)Oc3ccccc3Cl)CCO2)c1. The quantitative estimate of drug-likeness (QED) is 0.704. The van der Waals surface area contributed by atoms with Crippen LogP contribution in [0.4, 0.5) is 0 Å². The van der Waals surface area contributed by atoms with Gasteiger partial charge in [0.25, 0.3) is 5.91 Å². The Kier molecular flexibility index (Phi) is 7.31. The minimum atomic E-state index is -0.619. The highest BCUT2D eigenvalue weighted by atomic mass is 35.5. The summed E-state index contributed by atoms with van der Waals surface area (Å²) in [4.78, 5) is 14.5. The van der Waals surface area contributed by atoms with E-state index in [1.54, 1.807) is 24.0 Å². The third-order valence-electron chi connectivity index (χ3n) is 4.59. The van der Waals surface area contributed by atoms with Crippen LogP contribution in [-0.4, -0.2) is 49.3 Å². The first-order chi connectivity index (χ1) is 13.5. The molecule has 1 aliphatic heterocycles. The molecule has 2 aromatic carbocycles. The molecule has 3 rings (SSSR count). The zero-order valence-corrected chi connectivity index (χ0v) is 17.0. The standard InChI is InChI=1S/C22H26ClNO4/c1-16-6-5-7-18(12-16)14-26-15-19-13-24(10-11-27-19)22(25)17(2)28-21-9-4-3-8-20(21)23/h3-9,12,17,19H,10-11,13-15H2,1-2H3/t17-,19+/m0/s1. The number of morpholine rings is 1. The highest BCUT2D eigenvalue weighted by molar-refractivity contribution is 6.32. The van der Waals surface area contributed by atoms with Crippen molar-refractivity contribution in [2.45, 2.75) is 32.7 Å². The number of ether oxygens (including phenoxy) is 3. The Morgan fingerprint density at radius 1 is 1.29 bits per heavy atom. The number of nitrogens with zero attached hydrogens (tertiary/aromatic N) is 1. The van der Waals surface area contributed by atoms with Crippen molar-refractivity contribution < 1.29 is 19.0 Å². The van der Waals surface area contributed by atoms with Gasteiger partial charge in [-0.3, -0.25) is 4.79 Å². The van der Waals surface area contributed by atoms with Crippen molar-refractivity contribution in [3.05, 3.63) is 64.7 Å². The molecule has 2 atom stereocenters. The Hall–Kier alpha value is -2.08. The number of carbonyl (C=O) groups is 1. The van der Waals surface area contributed by atoms with Gasteiger partial charge in [0.2, 0.25) is 0 Å². The summed E-state index contributed by atoms with van der Waals surface area (Å²) in [6, 6.07) is 15.4. The minimum absolute atomic E-state index is 0.0769. The molecule has 2 aromatic rings. The van der Waals surface area contributed by atoms with Crippen LogP contribution in [0.5, 0.6) is 5.75 Å². The fourth-order valence-corrected chi connectivity index (χ4v) is 3.35. The van der Waals surface area contributed by atoms with E-state index in [4.69, 9.17) is 25.8 Å². The van der Waals surface area contributed by atoms with Crippen LogP contribution in [0.2, 0.25) is 5.02 Å². The molecule has 1 saturated heterocycles. The largest absolute Gasteiger partial charge is 0.479 e. The van der Waals surface area contributed by atoms with Crippen molar-refractivity contribution in [1.29, 1.82) is 0 Å². The molecule has 1 aliphatic rings. The molecule has 1 amide bonds. The molecule has 0 saturated carbocycles. The lowest BCUT2D eigenvalue weighted by Crippen LogP contribution is -2.50. The molecular weight excluding hydrogens is 378 g/mol. The number of halogens is 1. The van der Waals surface area contributed by atoms with E-state index in [2.05, 4.69) is 19.1 Å². The predicted molar refractivity (Wildman–Crippen MR) is 109 cm³/mol. The summed E-state index contributed by atoms with van der Waals surface area (Å²) >= 11 is 6.11. The highest BCUT2D eigenvalue weighted by Crippen LogP contribution is 2.24. The first kappa shape index (κ1) is 20.6. The van der Waals surface area contributed by atoms with Gasteiger partial charge < -0.3 is 19.1 Å². The summed E-state index contributed by atoms with van der Waals surface area (Å²) in [6.07, 6.45) is -0.762. The smallest absolute Gasteiger partial charge is 0.263 e. The number of hydrogen-bond acceptors (Lipinski definition) is 4. The third kappa shape index (κ3) is 5.71. The number of para-hydroxylation sites is 1. The molecule has 6 heteroatoms. The fraction of sp³-hybridized carbons (Fsp3) is 0.409. The molecule has 0 unspecified atom stereocenters. The van der Waals surface area contributed by atoms with Gasteiger partial charge in [0.1, 0.15) is 5.75 Å². The Balaban J connectivity index is 1.48. The second-order valence-electron chi connectivity index (χ2n) is 6.97. The second-order valence-corrected chi connectivity index (χ2v) is 7.38. The van der Waals surface area contributed by atoms with Gasteiger partial charge in [0, 0.05) is 13.1 Å². The van der Waals surface area contributed by atoms with E-state index in [9.17, 15) is 4.79 Å². The molecule has 28 heavy (non-hydrogen) atoms. The molecular formula is C22H26ClNO4. The van der Waals surface area contributed by atoms with Crippen molar-refractivity contribution in [3.63, 3.8) is 0 Å². The van der Waals surface area contributed by atoms with Crippen molar-refractivity contribution in [1.82, 2.24) is 4.90 Å². The Morgan fingerprint density at radius 3 is 2.89 bits per heavy atom. The molecule has 1 heterocycles. The number of rotatable bonds is 7. The van der Waals surface area contributed by atoms with E-state index in [-0.39, 0.29) is 12.0 Å².